The summed E-state index contributed by atoms with van der Waals surface area (Å²) in [5, 5.41) is 0. The van der Waals surface area contributed by atoms with Gasteiger partial charge in [-0.05, 0) is 38.9 Å². The summed E-state index contributed by atoms with van der Waals surface area (Å²) in [6, 6.07) is 0. The highest BCUT2D eigenvalue weighted by atomic mass is 27.0. The molecule has 0 aromatic rings. The lowest BCUT2D eigenvalue weighted by Gasteiger charge is -2.22. The lowest BCUT2D eigenvalue weighted by atomic mass is 10.1. The van der Waals surface area contributed by atoms with Gasteiger partial charge in [0.05, 0.1) is 0 Å². The molecule has 0 unspecified atom stereocenters. The van der Waals surface area contributed by atoms with Crippen molar-refractivity contribution in [3.05, 3.63) is 0 Å². The average molecular weight is 300 g/mol. The van der Waals surface area contributed by atoms with Gasteiger partial charge in [0.25, 0.3) is 0 Å². The molecule has 0 saturated heterocycles. The van der Waals surface area contributed by atoms with Gasteiger partial charge < -0.3 is 4.90 Å². The van der Waals surface area contributed by atoms with Gasteiger partial charge in [-0.2, -0.15) is 0 Å². The van der Waals surface area contributed by atoms with Crippen molar-refractivity contribution in [3.63, 3.8) is 0 Å². The second-order valence-corrected chi connectivity index (χ2v) is 6.02. The molecule has 0 rings (SSSR count). The van der Waals surface area contributed by atoms with Crippen LogP contribution in [0.2, 0.25) is 0 Å². The monoisotopic (exact) mass is 299 g/mol. The van der Waals surface area contributed by atoms with E-state index in [0.29, 0.717) is 0 Å². The predicted octanol–water partition coefficient (Wildman–Crippen LogP) is 4.85. The summed E-state index contributed by atoms with van der Waals surface area (Å²) >= 11 is 0. The van der Waals surface area contributed by atoms with Crippen LogP contribution in [0, 0.1) is 0 Å². The second kappa shape index (κ2) is 19.5. The van der Waals surface area contributed by atoms with Crippen molar-refractivity contribution in [2.24, 2.45) is 0 Å². The van der Waals surface area contributed by atoms with Gasteiger partial charge in [0.2, 0.25) is 0 Å². The molecule has 0 saturated carbocycles. The van der Waals surface area contributed by atoms with Crippen molar-refractivity contribution >= 4 is 17.4 Å². The van der Waals surface area contributed by atoms with Gasteiger partial charge in [-0.15, -0.1) is 0 Å². The van der Waals surface area contributed by atoms with Crippen LogP contribution in [0.1, 0.15) is 97.8 Å². The van der Waals surface area contributed by atoms with E-state index in [1.54, 1.807) is 0 Å². The van der Waals surface area contributed by atoms with Crippen LogP contribution in [0.4, 0.5) is 0 Å². The molecule has 0 fully saturated rings. The van der Waals surface area contributed by atoms with E-state index in [9.17, 15) is 0 Å². The molecule has 0 radical (unpaired) electrons. The van der Waals surface area contributed by atoms with Crippen LogP contribution in [0.3, 0.4) is 0 Å². The van der Waals surface area contributed by atoms with E-state index in [-0.39, 0.29) is 17.4 Å². The first-order chi connectivity index (χ1) is 9.35. The Bertz CT molecular complexity index is 133. The summed E-state index contributed by atoms with van der Waals surface area (Å²) in [4.78, 5) is 2.74. The lowest BCUT2D eigenvalue weighted by molar-refractivity contribution is 0.255. The minimum Gasteiger partial charge on any atom is -0.303 e. The first-order valence-electron chi connectivity index (χ1n) is 9.07. The number of rotatable bonds is 15. The SMILES string of the molecule is CCCCCCN(CCCCCC)CCCCCC.[AlH3]. The lowest BCUT2D eigenvalue weighted by Crippen LogP contribution is -2.27. The third kappa shape index (κ3) is 16.5. The van der Waals surface area contributed by atoms with Crippen molar-refractivity contribution in [1.29, 1.82) is 0 Å². The van der Waals surface area contributed by atoms with Crippen LogP contribution >= 0.6 is 0 Å². The zero-order valence-electron chi connectivity index (χ0n) is 14.1. The predicted molar refractivity (Wildman–Crippen MR) is 98.8 cm³/mol. The molecule has 0 aromatic heterocycles. The van der Waals surface area contributed by atoms with Crippen LogP contribution in [0.25, 0.3) is 0 Å². The highest BCUT2D eigenvalue weighted by Gasteiger charge is 2.04. The summed E-state index contributed by atoms with van der Waals surface area (Å²) in [5.41, 5.74) is 0. The number of hydrogen-bond acceptors (Lipinski definition) is 1. The van der Waals surface area contributed by atoms with E-state index in [2.05, 4.69) is 25.7 Å². The summed E-state index contributed by atoms with van der Waals surface area (Å²) in [5.74, 6) is 0. The Balaban J connectivity index is 0. The first-order valence-corrected chi connectivity index (χ1v) is 9.07. The summed E-state index contributed by atoms with van der Waals surface area (Å²) in [6.07, 6.45) is 16.8. The summed E-state index contributed by atoms with van der Waals surface area (Å²) in [7, 11) is 0. The normalized spacial score (nSPS) is 10.8. The highest BCUT2D eigenvalue weighted by Crippen LogP contribution is 2.08. The smallest absolute Gasteiger partial charge is 0.187 e. The fourth-order valence-electron chi connectivity index (χ4n) is 2.62. The number of nitrogens with zero attached hydrogens (tertiary/aromatic N) is 1. The third-order valence-electron chi connectivity index (χ3n) is 3.98. The maximum absolute atomic E-state index is 2.74. The zero-order chi connectivity index (χ0) is 14.2. The zero-order valence-corrected chi connectivity index (χ0v) is 14.1. The van der Waals surface area contributed by atoms with E-state index in [0.717, 1.165) is 0 Å². The Morgan fingerprint density at radius 2 is 0.750 bits per heavy atom. The van der Waals surface area contributed by atoms with Gasteiger partial charge in [0, 0.05) is 0 Å². The Hall–Kier alpha value is 0.492. The molecule has 0 spiro atoms. The van der Waals surface area contributed by atoms with Crippen LogP contribution in [-0.2, 0) is 0 Å². The maximum Gasteiger partial charge on any atom is 0.187 e. The Morgan fingerprint density at radius 3 is 1.00 bits per heavy atom. The molecule has 0 atom stereocenters. The van der Waals surface area contributed by atoms with E-state index < -0.39 is 0 Å². The van der Waals surface area contributed by atoms with Crippen molar-refractivity contribution in [2.75, 3.05) is 19.6 Å². The standard InChI is InChI=1S/C18H39N.Al.3H/c1-4-7-10-13-16-19(17-14-11-8-5-2)18-15-12-9-6-3;;;;/h4-18H2,1-3H3;;;;. The van der Waals surface area contributed by atoms with Gasteiger partial charge in [-0.3, -0.25) is 0 Å². The highest BCUT2D eigenvalue weighted by molar-refractivity contribution is 5.75. The van der Waals surface area contributed by atoms with Crippen molar-refractivity contribution in [2.45, 2.75) is 97.8 Å². The fourth-order valence-corrected chi connectivity index (χ4v) is 2.62. The molecule has 1 nitrogen and oxygen atoms in total. The number of unbranched alkanes of at least 4 members (excludes halogenated alkanes) is 9. The fraction of sp³-hybridized carbons (Fsp3) is 1.00. The van der Waals surface area contributed by atoms with E-state index in [1.165, 1.54) is 96.7 Å². The van der Waals surface area contributed by atoms with Crippen molar-refractivity contribution in [1.82, 2.24) is 4.90 Å². The van der Waals surface area contributed by atoms with Crippen LogP contribution in [0.5, 0.6) is 0 Å². The molecule has 0 N–H and O–H groups in total. The Labute approximate surface area is 140 Å². The van der Waals surface area contributed by atoms with Gasteiger partial charge in [0.15, 0.2) is 17.4 Å². The summed E-state index contributed by atoms with van der Waals surface area (Å²) in [6.45, 7) is 10.9. The van der Waals surface area contributed by atoms with Crippen molar-refractivity contribution < 1.29 is 0 Å². The largest absolute Gasteiger partial charge is 0.303 e. The quantitative estimate of drug-likeness (QED) is 0.309. The van der Waals surface area contributed by atoms with Gasteiger partial charge >= 0.3 is 0 Å². The molecule has 122 valence electrons. The van der Waals surface area contributed by atoms with Crippen molar-refractivity contribution in [3.8, 4) is 0 Å². The molecule has 0 aromatic carbocycles. The molecule has 2 heteroatoms. The van der Waals surface area contributed by atoms with Gasteiger partial charge in [0.1, 0.15) is 0 Å². The number of hydrogen-bond donors (Lipinski definition) is 0. The van der Waals surface area contributed by atoms with E-state index >= 15 is 0 Å². The molecule has 20 heavy (non-hydrogen) atoms. The third-order valence-corrected chi connectivity index (χ3v) is 3.98. The minimum absolute atomic E-state index is 0. The minimum atomic E-state index is 0. The molecular weight excluding hydrogens is 257 g/mol. The van der Waals surface area contributed by atoms with Crippen LogP contribution < -0.4 is 0 Å². The molecule has 0 aliphatic heterocycles. The van der Waals surface area contributed by atoms with E-state index in [4.69, 9.17) is 0 Å². The van der Waals surface area contributed by atoms with Gasteiger partial charge in [-0.1, -0.05) is 78.6 Å². The topological polar surface area (TPSA) is 3.24 Å². The van der Waals surface area contributed by atoms with Crippen LogP contribution in [-0.4, -0.2) is 41.9 Å². The first kappa shape index (κ1) is 22.8. The maximum atomic E-state index is 2.74. The Morgan fingerprint density at radius 1 is 0.450 bits per heavy atom. The molecule has 0 aliphatic rings. The molecule has 0 amide bonds. The molecule has 0 bridgehead atoms. The molecular formula is C18H42AlN. The summed E-state index contributed by atoms with van der Waals surface area (Å²) < 4.78 is 0. The van der Waals surface area contributed by atoms with E-state index in [1.807, 2.05) is 0 Å². The van der Waals surface area contributed by atoms with Crippen LogP contribution in [0.15, 0.2) is 0 Å². The van der Waals surface area contributed by atoms with Gasteiger partial charge in [-0.25, -0.2) is 0 Å². The average Bonchev–Trinajstić information content (AvgIpc) is 2.43. The Kier molecular flexibility index (Phi) is 22.2. The second-order valence-electron chi connectivity index (χ2n) is 6.02. The molecule has 0 heterocycles. The molecule has 0 aliphatic carbocycles.